The molecule has 0 fully saturated rings. The Morgan fingerprint density at radius 3 is 2.53 bits per heavy atom. The molecule has 0 heterocycles. The van der Waals surface area contributed by atoms with Crippen molar-refractivity contribution < 1.29 is 23.1 Å². The van der Waals surface area contributed by atoms with Gasteiger partial charge in [-0.3, -0.25) is 9.59 Å². The fourth-order valence-corrected chi connectivity index (χ4v) is 1.48. The van der Waals surface area contributed by atoms with Gasteiger partial charge in [0.15, 0.2) is 5.78 Å². The third-order valence-electron chi connectivity index (χ3n) is 2.40. The summed E-state index contributed by atoms with van der Waals surface area (Å²) in [5.41, 5.74) is -0.428. The predicted molar refractivity (Wildman–Crippen MR) is 56.5 cm³/mol. The van der Waals surface area contributed by atoms with Crippen molar-refractivity contribution in [2.75, 3.05) is 7.11 Å². The molecule has 0 saturated carbocycles. The lowest BCUT2D eigenvalue weighted by molar-refractivity contribution is -0.143. The van der Waals surface area contributed by atoms with Crippen LogP contribution in [0.3, 0.4) is 0 Å². The van der Waals surface area contributed by atoms with E-state index < -0.39 is 34.9 Å². The number of methoxy groups -OCH3 is 1. The average molecular weight is 242 g/mol. The minimum absolute atomic E-state index is 0.168. The first-order chi connectivity index (χ1) is 8.01. The van der Waals surface area contributed by atoms with Gasteiger partial charge < -0.3 is 4.74 Å². The number of rotatable bonds is 4. The maximum atomic E-state index is 13.3. The van der Waals surface area contributed by atoms with Crippen molar-refractivity contribution in [2.24, 2.45) is 5.92 Å². The van der Waals surface area contributed by atoms with Crippen molar-refractivity contribution in [3.05, 3.63) is 35.4 Å². The van der Waals surface area contributed by atoms with Gasteiger partial charge >= 0.3 is 5.97 Å². The normalized spacial score (nSPS) is 12.0. The fraction of sp³-hybridized carbons (Fsp3) is 0.333. The molecule has 0 radical (unpaired) electrons. The first kappa shape index (κ1) is 13.3. The second-order valence-corrected chi connectivity index (χ2v) is 3.47. The smallest absolute Gasteiger partial charge is 0.316 e. The Hall–Kier alpha value is -1.78. The minimum Gasteiger partial charge on any atom is -0.468 e. The number of esters is 1. The van der Waals surface area contributed by atoms with Gasteiger partial charge in [-0.2, -0.15) is 0 Å². The number of halogens is 2. The van der Waals surface area contributed by atoms with Gasteiger partial charge in [-0.25, -0.2) is 8.78 Å². The van der Waals surface area contributed by atoms with Gasteiger partial charge in [0.2, 0.25) is 0 Å². The van der Waals surface area contributed by atoms with Gasteiger partial charge in [0, 0.05) is 0 Å². The summed E-state index contributed by atoms with van der Waals surface area (Å²) in [6.07, 6.45) is 0.168. The number of ketones is 1. The van der Waals surface area contributed by atoms with E-state index in [0.717, 1.165) is 25.3 Å². The van der Waals surface area contributed by atoms with E-state index >= 15 is 0 Å². The van der Waals surface area contributed by atoms with Gasteiger partial charge in [0.25, 0.3) is 0 Å². The van der Waals surface area contributed by atoms with E-state index in [-0.39, 0.29) is 6.42 Å². The van der Waals surface area contributed by atoms with Crippen molar-refractivity contribution in [3.63, 3.8) is 0 Å². The zero-order chi connectivity index (χ0) is 13.0. The lowest BCUT2D eigenvalue weighted by Crippen LogP contribution is -2.25. The first-order valence-electron chi connectivity index (χ1n) is 5.08. The SMILES string of the molecule is CCC(C(=O)OC)C(=O)c1cc(F)ccc1F. The quantitative estimate of drug-likeness (QED) is 0.462. The molecule has 0 amide bonds. The van der Waals surface area contributed by atoms with Crippen LogP contribution in [0.4, 0.5) is 8.78 Å². The lowest BCUT2D eigenvalue weighted by atomic mass is 9.95. The van der Waals surface area contributed by atoms with Crippen LogP contribution in [-0.4, -0.2) is 18.9 Å². The Bertz CT molecular complexity index is 443. The van der Waals surface area contributed by atoms with Crippen LogP contribution in [-0.2, 0) is 9.53 Å². The molecule has 0 spiro atoms. The first-order valence-corrected chi connectivity index (χ1v) is 5.08. The maximum absolute atomic E-state index is 13.3. The number of hydrogen-bond donors (Lipinski definition) is 0. The van der Waals surface area contributed by atoms with E-state index in [1.807, 2.05) is 0 Å². The van der Waals surface area contributed by atoms with Crippen LogP contribution < -0.4 is 0 Å². The molecule has 1 aromatic carbocycles. The van der Waals surface area contributed by atoms with Crippen molar-refractivity contribution >= 4 is 11.8 Å². The highest BCUT2D eigenvalue weighted by Gasteiger charge is 2.28. The molecule has 0 bridgehead atoms. The van der Waals surface area contributed by atoms with Crippen LogP contribution in [0.1, 0.15) is 23.7 Å². The summed E-state index contributed by atoms with van der Waals surface area (Å²) >= 11 is 0. The van der Waals surface area contributed by atoms with Gasteiger partial charge in [0.05, 0.1) is 12.7 Å². The third-order valence-corrected chi connectivity index (χ3v) is 2.40. The molecule has 0 aliphatic rings. The standard InChI is InChI=1S/C12H12F2O3/c1-3-8(12(16)17-2)11(15)9-6-7(13)4-5-10(9)14/h4-6,8H,3H2,1-2H3. The summed E-state index contributed by atoms with van der Waals surface area (Å²) in [6.45, 7) is 1.59. The van der Waals surface area contributed by atoms with E-state index in [9.17, 15) is 18.4 Å². The van der Waals surface area contributed by atoms with E-state index in [1.54, 1.807) is 6.92 Å². The van der Waals surface area contributed by atoms with E-state index in [1.165, 1.54) is 0 Å². The Balaban J connectivity index is 3.10. The van der Waals surface area contributed by atoms with Gasteiger partial charge in [0.1, 0.15) is 17.6 Å². The highest BCUT2D eigenvalue weighted by Crippen LogP contribution is 2.18. The molecular weight excluding hydrogens is 230 g/mol. The van der Waals surface area contributed by atoms with Crippen LogP contribution in [0.2, 0.25) is 0 Å². The van der Waals surface area contributed by atoms with Gasteiger partial charge in [-0.1, -0.05) is 6.92 Å². The summed E-state index contributed by atoms with van der Waals surface area (Å²) in [4.78, 5) is 23.1. The zero-order valence-electron chi connectivity index (χ0n) is 9.50. The van der Waals surface area contributed by atoms with Crippen molar-refractivity contribution in [2.45, 2.75) is 13.3 Å². The number of hydrogen-bond acceptors (Lipinski definition) is 3. The van der Waals surface area contributed by atoms with Crippen molar-refractivity contribution in [1.29, 1.82) is 0 Å². The Kier molecular flexibility index (Phi) is 4.31. The van der Waals surface area contributed by atoms with Gasteiger partial charge in [-0.05, 0) is 24.6 Å². The lowest BCUT2D eigenvalue weighted by Gasteiger charge is -2.11. The molecule has 1 unspecified atom stereocenters. The summed E-state index contributed by atoms with van der Waals surface area (Å²) in [5, 5.41) is 0. The summed E-state index contributed by atoms with van der Waals surface area (Å²) < 4.78 is 30.7. The van der Waals surface area contributed by atoms with E-state index in [2.05, 4.69) is 4.74 Å². The molecule has 0 aliphatic carbocycles. The monoisotopic (exact) mass is 242 g/mol. The highest BCUT2D eigenvalue weighted by molar-refractivity contribution is 6.08. The molecule has 1 atom stereocenters. The number of benzene rings is 1. The molecule has 0 N–H and O–H groups in total. The molecule has 3 nitrogen and oxygen atoms in total. The molecule has 17 heavy (non-hydrogen) atoms. The van der Waals surface area contributed by atoms with E-state index in [4.69, 9.17) is 0 Å². The van der Waals surface area contributed by atoms with E-state index in [0.29, 0.717) is 0 Å². The molecular formula is C12H12F2O3. The van der Waals surface area contributed by atoms with Crippen molar-refractivity contribution in [3.8, 4) is 0 Å². The van der Waals surface area contributed by atoms with Crippen LogP contribution in [0, 0.1) is 17.6 Å². The maximum Gasteiger partial charge on any atom is 0.316 e. The largest absolute Gasteiger partial charge is 0.468 e. The topological polar surface area (TPSA) is 43.4 Å². The Morgan fingerprint density at radius 1 is 1.35 bits per heavy atom. The van der Waals surface area contributed by atoms with Crippen LogP contribution >= 0.6 is 0 Å². The molecule has 1 aromatic rings. The molecule has 5 heteroatoms. The van der Waals surface area contributed by atoms with Crippen LogP contribution in [0.15, 0.2) is 18.2 Å². The van der Waals surface area contributed by atoms with Crippen molar-refractivity contribution in [1.82, 2.24) is 0 Å². The highest BCUT2D eigenvalue weighted by atomic mass is 19.1. The second-order valence-electron chi connectivity index (χ2n) is 3.47. The zero-order valence-corrected chi connectivity index (χ0v) is 9.50. The summed E-state index contributed by atoms with van der Waals surface area (Å²) in [7, 11) is 1.14. The minimum atomic E-state index is -1.10. The number of Topliss-reactive ketones (excluding diaryl/α,β-unsaturated/α-hetero) is 1. The third kappa shape index (κ3) is 2.87. The fourth-order valence-electron chi connectivity index (χ4n) is 1.48. The number of ether oxygens (including phenoxy) is 1. The summed E-state index contributed by atoms with van der Waals surface area (Å²) in [6, 6.07) is 2.54. The second kappa shape index (κ2) is 5.52. The number of carbonyl (C=O) groups excluding carboxylic acids is 2. The van der Waals surface area contributed by atoms with Gasteiger partial charge in [-0.15, -0.1) is 0 Å². The average Bonchev–Trinajstić information content (AvgIpc) is 2.32. The molecule has 0 aromatic heterocycles. The van der Waals surface area contributed by atoms with Crippen LogP contribution in [0.25, 0.3) is 0 Å². The number of carbonyl (C=O) groups is 2. The summed E-state index contributed by atoms with van der Waals surface area (Å²) in [5.74, 6) is -4.19. The van der Waals surface area contributed by atoms with Crippen LogP contribution in [0.5, 0.6) is 0 Å². The molecule has 0 aliphatic heterocycles. The predicted octanol–water partition coefficient (Wildman–Crippen LogP) is 2.35. The molecule has 92 valence electrons. The molecule has 0 saturated heterocycles. The Morgan fingerprint density at radius 2 is 2.00 bits per heavy atom. The Labute approximate surface area is 97.4 Å². The molecule has 1 rings (SSSR count).